The van der Waals surface area contributed by atoms with Gasteiger partial charge in [0.25, 0.3) is 5.69 Å². The highest BCUT2D eigenvalue weighted by Gasteiger charge is 2.20. The molecule has 0 bridgehead atoms. The van der Waals surface area contributed by atoms with Gasteiger partial charge in [0.1, 0.15) is 4.90 Å². The lowest BCUT2D eigenvalue weighted by molar-refractivity contribution is -0.385. The lowest BCUT2D eigenvalue weighted by atomic mass is 10.3. The summed E-state index contributed by atoms with van der Waals surface area (Å²) in [7, 11) is -3.87. The third kappa shape index (κ3) is 5.29. The van der Waals surface area contributed by atoms with Crippen LogP contribution in [-0.2, 0) is 14.8 Å². The molecule has 0 heterocycles. The number of sulfonamides is 1. The molecule has 0 aromatic heterocycles. The largest absolute Gasteiger partial charge is 0.398 e. The third-order valence-corrected chi connectivity index (χ3v) is 4.12. The maximum Gasteiger partial charge on any atom is 0.270 e. The molecule has 0 fully saturated rings. The molecule has 118 valence electrons. The topological polar surface area (TPSA) is 125 Å². The van der Waals surface area contributed by atoms with Crippen LogP contribution in [0.4, 0.5) is 11.4 Å². The van der Waals surface area contributed by atoms with E-state index in [4.69, 9.17) is 10.5 Å². The highest BCUT2D eigenvalue weighted by atomic mass is 32.2. The SMILES string of the molecule is CCCOCCCNS(=O)(=O)c1cc([N+](=O)[O-])ccc1N. The molecule has 0 unspecified atom stereocenters. The average molecular weight is 317 g/mol. The van der Waals surface area contributed by atoms with Crippen molar-refractivity contribution < 1.29 is 18.1 Å². The van der Waals surface area contributed by atoms with E-state index in [-0.39, 0.29) is 22.8 Å². The van der Waals surface area contributed by atoms with Crippen molar-refractivity contribution in [1.29, 1.82) is 0 Å². The molecule has 8 nitrogen and oxygen atoms in total. The van der Waals surface area contributed by atoms with Crippen LogP contribution in [0.25, 0.3) is 0 Å². The maximum atomic E-state index is 12.1. The predicted octanol–water partition coefficient (Wildman–Crippen LogP) is 1.27. The molecule has 1 aromatic rings. The van der Waals surface area contributed by atoms with Crippen molar-refractivity contribution in [2.75, 3.05) is 25.5 Å². The zero-order valence-corrected chi connectivity index (χ0v) is 12.6. The van der Waals surface area contributed by atoms with Gasteiger partial charge in [-0.2, -0.15) is 0 Å². The Labute approximate surface area is 123 Å². The fourth-order valence-corrected chi connectivity index (χ4v) is 2.80. The second kappa shape index (κ2) is 7.91. The van der Waals surface area contributed by atoms with Crippen LogP contribution in [0.15, 0.2) is 23.1 Å². The second-order valence-corrected chi connectivity index (χ2v) is 6.08. The number of anilines is 1. The van der Waals surface area contributed by atoms with Gasteiger partial charge in [-0.1, -0.05) is 6.92 Å². The minimum atomic E-state index is -3.87. The fraction of sp³-hybridized carbons (Fsp3) is 0.500. The number of benzene rings is 1. The zero-order chi connectivity index (χ0) is 15.9. The number of non-ortho nitro benzene ring substituents is 1. The van der Waals surface area contributed by atoms with Gasteiger partial charge in [0.05, 0.1) is 10.6 Å². The van der Waals surface area contributed by atoms with Gasteiger partial charge in [0.15, 0.2) is 0 Å². The zero-order valence-electron chi connectivity index (χ0n) is 11.7. The Hall–Kier alpha value is -1.71. The van der Waals surface area contributed by atoms with Gasteiger partial charge in [-0.05, 0) is 18.9 Å². The molecular weight excluding hydrogens is 298 g/mol. The van der Waals surface area contributed by atoms with Crippen molar-refractivity contribution in [2.24, 2.45) is 0 Å². The summed E-state index contributed by atoms with van der Waals surface area (Å²) in [4.78, 5) is 9.73. The lowest BCUT2D eigenvalue weighted by Gasteiger charge is -2.09. The number of ether oxygens (including phenoxy) is 1. The van der Waals surface area contributed by atoms with Crippen LogP contribution < -0.4 is 10.5 Å². The Morgan fingerprint density at radius 3 is 2.71 bits per heavy atom. The van der Waals surface area contributed by atoms with Crippen molar-refractivity contribution in [3.63, 3.8) is 0 Å². The van der Waals surface area contributed by atoms with E-state index in [1.807, 2.05) is 6.92 Å². The Morgan fingerprint density at radius 2 is 2.10 bits per heavy atom. The molecule has 0 spiro atoms. The first kappa shape index (κ1) is 17.3. The Morgan fingerprint density at radius 1 is 1.38 bits per heavy atom. The molecule has 0 atom stereocenters. The molecule has 0 aliphatic rings. The van der Waals surface area contributed by atoms with Crippen molar-refractivity contribution in [3.05, 3.63) is 28.3 Å². The first-order chi connectivity index (χ1) is 9.88. The lowest BCUT2D eigenvalue weighted by Crippen LogP contribution is -2.26. The van der Waals surface area contributed by atoms with Gasteiger partial charge in [0.2, 0.25) is 10.0 Å². The maximum absolute atomic E-state index is 12.1. The van der Waals surface area contributed by atoms with Gasteiger partial charge < -0.3 is 10.5 Å². The summed E-state index contributed by atoms with van der Waals surface area (Å²) < 4.78 is 31.7. The standard InChI is InChI=1S/C12H19N3O5S/c1-2-7-20-8-3-6-14-21(18,19)12-9-10(15(16)17)4-5-11(12)13/h4-5,9,14H,2-3,6-8,13H2,1H3. The van der Waals surface area contributed by atoms with E-state index in [1.165, 1.54) is 6.07 Å². The number of nitrogens with zero attached hydrogens (tertiary/aromatic N) is 1. The summed E-state index contributed by atoms with van der Waals surface area (Å²) in [5.74, 6) is 0. The van der Waals surface area contributed by atoms with Crippen LogP contribution in [0.2, 0.25) is 0 Å². The van der Waals surface area contributed by atoms with Crippen LogP contribution in [0.5, 0.6) is 0 Å². The number of nitrogens with one attached hydrogen (secondary N) is 1. The summed E-state index contributed by atoms with van der Waals surface area (Å²) in [6.45, 7) is 3.23. The predicted molar refractivity (Wildman–Crippen MR) is 78.4 cm³/mol. The van der Waals surface area contributed by atoms with Crippen molar-refractivity contribution in [3.8, 4) is 0 Å². The molecule has 1 rings (SSSR count). The van der Waals surface area contributed by atoms with Crippen LogP contribution in [-0.4, -0.2) is 33.1 Å². The number of rotatable bonds is 9. The van der Waals surface area contributed by atoms with Crippen LogP contribution in [0.1, 0.15) is 19.8 Å². The quantitative estimate of drug-likeness (QED) is 0.306. The molecule has 0 saturated heterocycles. The van der Waals surface area contributed by atoms with Crippen LogP contribution in [0, 0.1) is 10.1 Å². The van der Waals surface area contributed by atoms with Gasteiger partial charge in [0, 0.05) is 31.9 Å². The number of hydrogen-bond donors (Lipinski definition) is 2. The number of nitro groups is 1. The first-order valence-corrected chi connectivity index (χ1v) is 7.98. The van der Waals surface area contributed by atoms with Gasteiger partial charge in [-0.25, -0.2) is 13.1 Å². The van der Waals surface area contributed by atoms with Gasteiger partial charge >= 0.3 is 0 Å². The van der Waals surface area contributed by atoms with Gasteiger partial charge in [-0.3, -0.25) is 10.1 Å². The van der Waals surface area contributed by atoms with Crippen molar-refractivity contribution in [2.45, 2.75) is 24.7 Å². The summed E-state index contributed by atoms with van der Waals surface area (Å²) in [5, 5.41) is 10.7. The van der Waals surface area contributed by atoms with Crippen LogP contribution >= 0.6 is 0 Å². The number of nitrogen functional groups attached to an aromatic ring is 1. The van der Waals surface area contributed by atoms with E-state index in [2.05, 4.69) is 4.72 Å². The molecule has 9 heteroatoms. The minimum Gasteiger partial charge on any atom is -0.398 e. The van der Waals surface area contributed by atoms with E-state index >= 15 is 0 Å². The Kier molecular flexibility index (Phi) is 6.53. The van der Waals surface area contributed by atoms with Crippen molar-refractivity contribution >= 4 is 21.4 Å². The minimum absolute atomic E-state index is 0.0321. The molecule has 0 aliphatic carbocycles. The molecule has 3 N–H and O–H groups in total. The molecule has 0 radical (unpaired) electrons. The Bertz CT molecular complexity index is 589. The summed E-state index contributed by atoms with van der Waals surface area (Å²) in [5.41, 5.74) is 5.22. The van der Waals surface area contributed by atoms with Gasteiger partial charge in [-0.15, -0.1) is 0 Å². The molecule has 21 heavy (non-hydrogen) atoms. The number of hydrogen-bond acceptors (Lipinski definition) is 6. The second-order valence-electron chi connectivity index (χ2n) is 4.34. The molecule has 0 amide bonds. The number of nitrogens with two attached hydrogens (primary N) is 1. The normalized spacial score (nSPS) is 11.5. The molecule has 0 saturated carbocycles. The first-order valence-electron chi connectivity index (χ1n) is 6.50. The third-order valence-electron chi connectivity index (χ3n) is 2.60. The molecule has 0 aliphatic heterocycles. The fourth-order valence-electron chi connectivity index (χ4n) is 1.57. The molecular formula is C12H19N3O5S. The van der Waals surface area contributed by atoms with E-state index in [1.54, 1.807) is 0 Å². The van der Waals surface area contributed by atoms with E-state index in [0.717, 1.165) is 18.6 Å². The monoisotopic (exact) mass is 317 g/mol. The molecule has 1 aromatic carbocycles. The Balaban J connectivity index is 2.70. The van der Waals surface area contributed by atoms with E-state index in [9.17, 15) is 18.5 Å². The van der Waals surface area contributed by atoms with Crippen molar-refractivity contribution in [1.82, 2.24) is 4.72 Å². The number of nitro benzene ring substituents is 1. The van der Waals surface area contributed by atoms with E-state index < -0.39 is 14.9 Å². The van der Waals surface area contributed by atoms with Crippen LogP contribution in [0.3, 0.4) is 0 Å². The smallest absolute Gasteiger partial charge is 0.270 e. The highest BCUT2D eigenvalue weighted by Crippen LogP contribution is 2.23. The van der Waals surface area contributed by atoms with E-state index in [0.29, 0.717) is 19.6 Å². The summed E-state index contributed by atoms with van der Waals surface area (Å²) in [6, 6.07) is 3.31. The summed E-state index contributed by atoms with van der Waals surface area (Å²) in [6.07, 6.45) is 1.41. The highest BCUT2D eigenvalue weighted by molar-refractivity contribution is 7.89. The summed E-state index contributed by atoms with van der Waals surface area (Å²) >= 11 is 0. The average Bonchev–Trinajstić information content (AvgIpc) is 2.42.